The molecule has 0 bridgehead atoms. The fourth-order valence-corrected chi connectivity index (χ4v) is 0.685. The Hall–Kier alpha value is -0.120. The molecule has 0 aliphatic carbocycles. The monoisotopic (exact) mass is 117 g/mol. The minimum Gasteiger partial charge on any atom is -0.394 e. The van der Waals surface area contributed by atoms with Crippen molar-refractivity contribution in [2.75, 3.05) is 6.61 Å². The van der Waals surface area contributed by atoms with Crippen LogP contribution in [-0.2, 0) is 4.74 Å². The smallest absolute Gasteiger partial charge is 0.107 e. The van der Waals surface area contributed by atoms with Gasteiger partial charge in [0.1, 0.15) is 6.10 Å². The van der Waals surface area contributed by atoms with Crippen LogP contribution in [0, 0.1) is 6.61 Å². The first-order valence-electron chi connectivity index (χ1n) is 2.60. The molecule has 1 rings (SSSR count). The van der Waals surface area contributed by atoms with Gasteiger partial charge in [-0.15, -0.1) is 0 Å². The molecule has 1 aliphatic rings. The maximum Gasteiger partial charge on any atom is 0.107 e. The van der Waals surface area contributed by atoms with Crippen LogP contribution in [0.5, 0.6) is 0 Å². The van der Waals surface area contributed by atoms with Gasteiger partial charge in [-0.2, -0.15) is 0 Å². The lowest BCUT2D eigenvalue weighted by Crippen LogP contribution is -2.24. The van der Waals surface area contributed by atoms with E-state index in [0.717, 1.165) is 0 Å². The van der Waals surface area contributed by atoms with Gasteiger partial charge in [-0.25, -0.2) is 0 Å². The van der Waals surface area contributed by atoms with Crippen molar-refractivity contribution < 1.29 is 14.9 Å². The predicted octanol–water partition coefficient (Wildman–Crippen LogP) is -0.710. The molecule has 1 saturated heterocycles. The van der Waals surface area contributed by atoms with Crippen LogP contribution in [0.1, 0.15) is 6.42 Å². The van der Waals surface area contributed by atoms with Crippen LogP contribution in [0.4, 0.5) is 0 Å². The van der Waals surface area contributed by atoms with Crippen LogP contribution in [0.25, 0.3) is 0 Å². The molecule has 1 radical (unpaired) electrons. The summed E-state index contributed by atoms with van der Waals surface area (Å²) in [4.78, 5) is 0. The van der Waals surface area contributed by atoms with Crippen molar-refractivity contribution in [2.24, 2.45) is 0 Å². The van der Waals surface area contributed by atoms with Crippen LogP contribution in [0.15, 0.2) is 0 Å². The second-order valence-corrected chi connectivity index (χ2v) is 1.83. The van der Waals surface area contributed by atoms with E-state index in [9.17, 15) is 0 Å². The Morgan fingerprint density at radius 3 is 2.75 bits per heavy atom. The van der Waals surface area contributed by atoms with Crippen molar-refractivity contribution in [3.05, 3.63) is 6.61 Å². The van der Waals surface area contributed by atoms with E-state index in [1.165, 1.54) is 6.61 Å². The van der Waals surface area contributed by atoms with Gasteiger partial charge in [-0.05, 0) is 0 Å². The lowest BCUT2D eigenvalue weighted by molar-refractivity contribution is 0.0169. The van der Waals surface area contributed by atoms with Crippen molar-refractivity contribution in [3.8, 4) is 0 Å². The molecule has 0 spiro atoms. The summed E-state index contributed by atoms with van der Waals surface area (Å²) in [5.41, 5.74) is 0. The number of aliphatic hydroxyl groups excluding tert-OH is 2. The molecule has 2 N–H and O–H groups in total. The van der Waals surface area contributed by atoms with E-state index in [1.807, 2.05) is 0 Å². The van der Waals surface area contributed by atoms with Gasteiger partial charge in [0.25, 0.3) is 0 Å². The molecule has 1 fully saturated rings. The molecule has 47 valence electrons. The van der Waals surface area contributed by atoms with Crippen LogP contribution in [-0.4, -0.2) is 29.0 Å². The Morgan fingerprint density at radius 2 is 2.50 bits per heavy atom. The van der Waals surface area contributed by atoms with Gasteiger partial charge in [0.15, 0.2) is 0 Å². The number of rotatable bonds is 1. The second kappa shape index (κ2) is 2.44. The van der Waals surface area contributed by atoms with E-state index in [2.05, 4.69) is 0 Å². The topological polar surface area (TPSA) is 49.7 Å². The molecule has 3 heteroatoms. The molecular formula is C5H9O3. The van der Waals surface area contributed by atoms with Crippen LogP contribution >= 0.6 is 0 Å². The summed E-state index contributed by atoms with van der Waals surface area (Å²) in [7, 11) is 0. The summed E-state index contributed by atoms with van der Waals surface area (Å²) >= 11 is 0. The van der Waals surface area contributed by atoms with E-state index in [4.69, 9.17) is 14.9 Å². The highest BCUT2D eigenvalue weighted by molar-refractivity contribution is 4.79. The zero-order chi connectivity index (χ0) is 5.98. The Labute approximate surface area is 47.9 Å². The van der Waals surface area contributed by atoms with Crippen LogP contribution < -0.4 is 0 Å². The predicted molar refractivity (Wildman–Crippen MR) is 26.9 cm³/mol. The third-order valence-corrected chi connectivity index (χ3v) is 1.22. The molecule has 0 unspecified atom stereocenters. The van der Waals surface area contributed by atoms with E-state index < -0.39 is 6.10 Å². The maximum absolute atomic E-state index is 8.87. The summed E-state index contributed by atoms with van der Waals surface area (Å²) in [6.07, 6.45) is -0.347. The minimum atomic E-state index is -0.500. The molecule has 0 aromatic heterocycles. The normalized spacial score (nSPS) is 38.2. The van der Waals surface area contributed by atoms with Crippen LogP contribution in [0.2, 0.25) is 0 Å². The number of hydrogen-bond acceptors (Lipinski definition) is 3. The zero-order valence-corrected chi connectivity index (χ0v) is 4.45. The van der Waals surface area contributed by atoms with Crippen LogP contribution in [0.3, 0.4) is 0 Å². The van der Waals surface area contributed by atoms with Gasteiger partial charge >= 0.3 is 0 Å². The third-order valence-electron chi connectivity index (χ3n) is 1.22. The van der Waals surface area contributed by atoms with E-state index in [0.29, 0.717) is 6.42 Å². The SMILES string of the molecule is OC[C@@H]1O[CH]C[C@H]1O. The van der Waals surface area contributed by atoms with Crippen molar-refractivity contribution in [1.29, 1.82) is 0 Å². The molecule has 0 saturated carbocycles. The van der Waals surface area contributed by atoms with Gasteiger partial charge in [-0.3, -0.25) is 0 Å². The Kier molecular flexibility index (Phi) is 1.83. The van der Waals surface area contributed by atoms with Gasteiger partial charge in [-0.1, -0.05) is 0 Å². The van der Waals surface area contributed by atoms with E-state index >= 15 is 0 Å². The fourth-order valence-electron chi connectivity index (χ4n) is 0.685. The molecule has 0 aromatic carbocycles. The highest BCUT2D eigenvalue weighted by Crippen LogP contribution is 2.15. The van der Waals surface area contributed by atoms with Crippen molar-refractivity contribution in [3.63, 3.8) is 0 Å². The molecule has 8 heavy (non-hydrogen) atoms. The highest BCUT2D eigenvalue weighted by atomic mass is 16.5. The number of ether oxygens (including phenoxy) is 1. The average Bonchev–Trinajstić information content (AvgIpc) is 2.14. The summed E-state index contributed by atoms with van der Waals surface area (Å²) in [6, 6.07) is 0. The quantitative estimate of drug-likeness (QED) is 0.477. The molecule has 0 amide bonds. The number of hydrogen-bond donors (Lipinski definition) is 2. The Morgan fingerprint density at radius 1 is 1.75 bits per heavy atom. The lowest BCUT2D eigenvalue weighted by Gasteiger charge is -2.07. The summed E-state index contributed by atoms with van der Waals surface area (Å²) in [5.74, 6) is 0. The Balaban J connectivity index is 2.30. The van der Waals surface area contributed by atoms with E-state index in [-0.39, 0.29) is 12.7 Å². The second-order valence-electron chi connectivity index (χ2n) is 1.83. The lowest BCUT2D eigenvalue weighted by atomic mass is 10.2. The first-order chi connectivity index (χ1) is 3.84. The summed E-state index contributed by atoms with van der Waals surface area (Å²) < 4.78 is 4.79. The average molecular weight is 117 g/mol. The molecule has 0 aromatic rings. The first kappa shape index (κ1) is 6.01. The van der Waals surface area contributed by atoms with Crippen molar-refractivity contribution in [1.82, 2.24) is 0 Å². The maximum atomic E-state index is 8.87. The first-order valence-corrected chi connectivity index (χ1v) is 2.60. The van der Waals surface area contributed by atoms with Gasteiger partial charge in [0.2, 0.25) is 0 Å². The third kappa shape index (κ3) is 0.992. The molecule has 1 aliphatic heterocycles. The highest BCUT2D eigenvalue weighted by Gasteiger charge is 2.25. The minimum absolute atomic E-state index is 0.0995. The molecule has 2 atom stereocenters. The molecular weight excluding hydrogens is 108 g/mol. The molecule has 3 nitrogen and oxygen atoms in total. The van der Waals surface area contributed by atoms with Gasteiger partial charge in [0, 0.05) is 6.42 Å². The largest absolute Gasteiger partial charge is 0.394 e. The number of aliphatic hydroxyl groups is 2. The summed E-state index contributed by atoms with van der Waals surface area (Å²) in [6.45, 7) is 1.42. The van der Waals surface area contributed by atoms with Crippen molar-refractivity contribution in [2.45, 2.75) is 18.6 Å². The fraction of sp³-hybridized carbons (Fsp3) is 0.800. The standard InChI is InChI=1S/C5H9O3/c6-3-5-4(7)1-2-8-5/h2,4-7H,1,3H2/t4-,5+/m1/s1. The summed E-state index contributed by atoms with van der Waals surface area (Å²) in [5, 5.41) is 17.3. The Bertz CT molecular complexity index is 74.1. The van der Waals surface area contributed by atoms with Gasteiger partial charge in [0.05, 0.1) is 19.3 Å². The van der Waals surface area contributed by atoms with Crippen molar-refractivity contribution >= 4 is 0 Å². The van der Waals surface area contributed by atoms with E-state index in [1.54, 1.807) is 0 Å². The molecule has 1 heterocycles. The van der Waals surface area contributed by atoms with Gasteiger partial charge < -0.3 is 14.9 Å². The zero-order valence-electron chi connectivity index (χ0n) is 4.45.